The first-order valence-corrected chi connectivity index (χ1v) is 6.38. The number of benzene rings is 2. The van der Waals surface area contributed by atoms with Gasteiger partial charge in [0.15, 0.2) is 0 Å². The van der Waals surface area contributed by atoms with Gasteiger partial charge in [-0.2, -0.15) is 0 Å². The summed E-state index contributed by atoms with van der Waals surface area (Å²) in [5.41, 5.74) is 9.27. The number of hydrogen-bond donors (Lipinski definition) is 2. The van der Waals surface area contributed by atoms with Gasteiger partial charge in [0, 0.05) is 26.9 Å². The molecule has 18 heavy (non-hydrogen) atoms. The maximum absolute atomic E-state index is 10.3. The van der Waals surface area contributed by atoms with Gasteiger partial charge in [0.1, 0.15) is 6.10 Å². The molecule has 5 heteroatoms. The lowest BCUT2D eigenvalue weighted by atomic mass is 10.0. The Morgan fingerprint density at radius 3 is 2.11 bits per heavy atom. The molecule has 2 aromatic rings. The first-order chi connectivity index (χ1) is 8.49. The molecule has 1 aliphatic carbocycles. The third-order valence-corrected chi connectivity index (χ3v) is 3.82. The van der Waals surface area contributed by atoms with E-state index in [0.29, 0.717) is 31.9 Å². The lowest BCUT2D eigenvalue weighted by Gasteiger charge is -2.07. The number of anilines is 1. The van der Waals surface area contributed by atoms with E-state index < -0.39 is 6.10 Å². The number of hydrogen-bond acceptors (Lipinski definition) is 2. The Kier molecular flexibility index (Phi) is 2.72. The van der Waals surface area contributed by atoms with Crippen molar-refractivity contribution in [3.63, 3.8) is 0 Å². The number of aliphatic hydroxyl groups excluding tert-OH is 1. The normalized spacial score (nSPS) is 16.6. The van der Waals surface area contributed by atoms with Crippen LogP contribution in [0, 0.1) is 0 Å². The standard InChI is InChI=1S/C13H8Cl3NO/c14-5-1-7-11(9(16)3-5)12-8(13(7)18)2-6(15)4-10(12)17/h1-4,13,18H,17H2. The van der Waals surface area contributed by atoms with Crippen molar-refractivity contribution in [1.82, 2.24) is 0 Å². The fourth-order valence-corrected chi connectivity index (χ4v) is 3.23. The monoisotopic (exact) mass is 299 g/mol. The van der Waals surface area contributed by atoms with E-state index in [1.807, 2.05) is 0 Å². The molecule has 1 atom stereocenters. The summed E-state index contributed by atoms with van der Waals surface area (Å²) in [7, 11) is 0. The van der Waals surface area contributed by atoms with Crippen molar-refractivity contribution in [2.45, 2.75) is 6.10 Å². The fraction of sp³-hybridized carbons (Fsp3) is 0.0769. The third-order valence-electron chi connectivity index (χ3n) is 3.09. The molecular formula is C13H8Cl3NO. The highest BCUT2D eigenvalue weighted by Crippen LogP contribution is 2.51. The summed E-state index contributed by atoms with van der Waals surface area (Å²) in [6.07, 6.45) is -0.799. The van der Waals surface area contributed by atoms with Crippen LogP contribution < -0.4 is 5.73 Å². The van der Waals surface area contributed by atoms with Gasteiger partial charge in [0.25, 0.3) is 0 Å². The summed E-state index contributed by atoms with van der Waals surface area (Å²) in [5, 5.41) is 11.7. The summed E-state index contributed by atoms with van der Waals surface area (Å²) in [6, 6.07) is 6.67. The molecule has 0 heterocycles. The summed E-state index contributed by atoms with van der Waals surface area (Å²) < 4.78 is 0. The molecule has 0 saturated heterocycles. The van der Waals surface area contributed by atoms with E-state index in [0.717, 1.165) is 11.1 Å². The summed E-state index contributed by atoms with van der Waals surface area (Å²) in [4.78, 5) is 0. The van der Waals surface area contributed by atoms with Gasteiger partial charge in [-0.05, 0) is 35.4 Å². The molecule has 0 amide bonds. The summed E-state index contributed by atoms with van der Waals surface area (Å²) in [6.45, 7) is 0. The first-order valence-electron chi connectivity index (χ1n) is 5.25. The minimum Gasteiger partial charge on any atom is -0.398 e. The molecule has 2 nitrogen and oxygen atoms in total. The fourth-order valence-electron chi connectivity index (χ4n) is 2.39. The Balaban J connectivity index is 2.41. The Labute approximate surface area is 119 Å². The highest BCUT2D eigenvalue weighted by molar-refractivity contribution is 6.37. The second-order valence-electron chi connectivity index (χ2n) is 4.21. The van der Waals surface area contributed by atoms with Gasteiger partial charge in [-0.15, -0.1) is 0 Å². The van der Waals surface area contributed by atoms with Crippen LogP contribution in [0.3, 0.4) is 0 Å². The Morgan fingerprint density at radius 2 is 1.44 bits per heavy atom. The quantitative estimate of drug-likeness (QED) is 0.713. The van der Waals surface area contributed by atoms with E-state index in [4.69, 9.17) is 40.5 Å². The van der Waals surface area contributed by atoms with Crippen LogP contribution in [-0.4, -0.2) is 5.11 Å². The van der Waals surface area contributed by atoms with Crippen LogP contribution in [0.2, 0.25) is 15.1 Å². The zero-order valence-corrected chi connectivity index (χ0v) is 11.3. The topological polar surface area (TPSA) is 46.2 Å². The predicted octanol–water partition coefficient (Wildman–Crippen LogP) is 4.29. The molecule has 1 aliphatic rings. The SMILES string of the molecule is Nc1cc(Cl)cc2c1-c1c(Cl)cc(Cl)cc1C2O. The van der Waals surface area contributed by atoms with Crippen LogP contribution in [0.5, 0.6) is 0 Å². The lowest BCUT2D eigenvalue weighted by Crippen LogP contribution is -1.95. The smallest absolute Gasteiger partial charge is 0.105 e. The molecule has 0 radical (unpaired) electrons. The molecule has 92 valence electrons. The van der Waals surface area contributed by atoms with Crippen molar-refractivity contribution in [3.8, 4) is 11.1 Å². The number of nitrogen functional groups attached to an aromatic ring is 1. The molecular weight excluding hydrogens is 293 g/mol. The molecule has 0 aliphatic heterocycles. The maximum atomic E-state index is 10.3. The van der Waals surface area contributed by atoms with E-state index >= 15 is 0 Å². The lowest BCUT2D eigenvalue weighted by molar-refractivity contribution is 0.225. The third kappa shape index (κ3) is 1.61. The highest BCUT2D eigenvalue weighted by Gasteiger charge is 2.31. The molecule has 1 unspecified atom stereocenters. The molecule has 0 aromatic heterocycles. The number of rotatable bonds is 0. The molecule has 2 aromatic carbocycles. The molecule has 0 fully saturated rings. The van der Waals surface area contributed by atoms with Crippen molar-refractivity contribution >= 4 is 40.5 Å². The minimum absolute atomic E-state index is 0.476. The van der Waals surface area contributed by atoms with Gasteiger partial charge in [-0.1, -0.05) is 34.8 Å². The van der Waals surface area contributed by atoms with Gasteiger partial charge >= 0.3 is 0 Å². The number of nitrogens with two attached hydrogens (primary N) is 1. The van der Waals surface area contributed by atoms with Gasteiger partial charge in [-0.25, -0.2) is 0 Å². The van der Waals surface area contributed by atoms with Gasteiger partial charge in [0.2, 0.25) is 0 Å². The Hall–Kier alpha value is -0.930. The number of aliphatic hydroxyl groups is 1. The van der Waals surface area contributed by atoms with Crippen molar-refractivity contribution in [2.24, 2.45) is 0 Å². The highest BCUT2D eigenvalue weighted by atomic mass is 35.5. The largest absolute Gasteiger partial charge is 0.398 e. The average Bonchev–Trinajstić information content (AvgIpc) is 2.54. The number of fused-ring (bicyclic) bond motifs is 3. The van der Waals surface area contributed by atoms with Crippen molar-refractivity contribution < 1.29 is 5.11 Å². The molecule has 0 saturated carbocycles. The molecule has 0 spiro atoms. The predicted molar refractivity (Wildman–Crippen MR) is 75.4 cm³/mol. The Bertz CT molecular complexity index is 612. The minimum atomic E-state index is -0.799. The average molecular weight is 301 g/mol. The molecule has 3 rings (SSSR count). The van der Waals surface area contributed by atoms with Gasteiger partial charge < -0.3 is 10.8 Å². The van der Waals surface area contributed by atoms with E-state index in [1.165, 1.54) is 0 Å². The van der Waals surface area contributed by atoms with Gasteiger partial charge in [-0.3, -0.25) is 0 Å². The van der Waals surface area contributed by atoms with Crippen molar-refractivity contribution in [1.29, 1.82) is 0 Å². The second-order valence-corrected chi connectivity index (χ2v) is 5.49. The van der Waals surface area contributed by atoms with E-state index in [2.05, 4.69) is 0 Å². The summed E-state index contributed by atoms with van der Waals surface area (Å²) in [5.74, 6) is 0. The molecule has 3 N–H and O–H groups in total. The molecule has 0 bridgehead atoms. The Morgan fingerprint density at radius 1 is 0.889 bits per heavy atom. The maximum Gasteiger partial charge on any atom is 0.105 e. The van der Waals surface area contributed by atoms with Crippen LogP contribution >= 0.6 is 34.8 Å². The zero-order valence-electron chi connectivity index (χ0n) is 9.05. The second kappa shape index (κ2) is 4.04. The van der Waals surface area contributed by atoms with Crippen molar-refractivity contribution in [2.75, 3.05) is 5.73 Å². The zero-order chi connectivity index (χ0) is 13.0. The van der Waals surface area contributed by atoms with Crippen LogP contribution in [0.1, 0.15) is 17.2 Å². The van der Waals surface area contributed by atoms with Crippen LogP contribution in [-0.2, 0) is 0 Å². The van der Waals surface area contributed by atoms with E-state index in [9.17, 15) is 5.11 Å². The van der Waals surface area contributed by atoms with Crippen LogP contribution in [0.15, 0.2) is 24.3 Å². The summed E-state index contributed by atoms with van der Waals surface area (Å²) >= 11 is 18.1. The van der Waals surface area contributed by atoms with E-state index in [1.54, 1.807) is 24.3 Å². The first kappa shape index (κ1) is 12.1. The van der Waals surface area contributed by atoms with Crippen molar-refractivity contribution in [3.05, 3.63) is 50.5 Å². The van der Waals surface area contributed by atoms with Gasteiger partial charge in [0.05, 0.1) is 5.02 Å². The van der Waals surface area contributed by atoms with Crippen LogP contribution in [0.25, 0.3) is 11.1 Å². The van der Waals surface area contributed by atoms with E-state index in [-0.39, 0.29) is 0 Å². The van der Waals surface area contributed by atoms with Crippen LogP contribution in [0.4, 0.5) is 5.69 Å². The number of halogens is 3.